The molecule has 1 aliphatic carbocycles. The Kier molecular flexibility index (Phi) is 8.00. The number of nitrogens with zero attached hydrogens (tertiary/aromatic N) is 3. The molecule has 6 heteroatoms. The van der Waals surface area contributed by atoms with Crippen LogP contribution in [0, 0.1) is 5.92 Å². The lowest BCUT2D eigenvalue weighted by atomic mass is 10.0. The monoisotopic (exact) mass is 351 g/mol. The van der Waals surface area contributed by atoms with Crippen LogP contribution in [-0.4, -0.2) is 74.0 Å². The molecular formula is C19H37N5O. The fraction of sp³-hybridized carbons (Fsp3) is 0.895. The van der Waals surface area contributed by atoms with Crippen molar-refractivity contribution in [3.8, 4) is 0 Å². The molecule has 0 aromatic carbocycles. The fourth-order valence-corrected chi connectivity index (χ4v) is 3.88. The summed E-state index contributed by atoms with van der Waals surface area (Å²) in [4.78, 5) is 20.9. The molecule has 1 amide bonds. The first kappa shape index (κ1) is 20.0. The number of likely N-dealkylation sites (tertiary alicyclic amines) is 1. The van der Waals surface area contributed by atoms with E-state index >= 15 is 0 Å². The summed E-state index contributed by atoms with van der Waals surface area (Å²) in [5.74, 6) is 1.25. The van der Waals surface area contributed by atoms with Crippen LogP contribution < -0.4 is 10.6 Å². The average molecular weight is 352 g/mol. The zero-order chi connectivity index (χ0) is 18.2. The molecule has 2 N–H and O–H groups in total. The topological polar surface area (TPSA) is 60.0 Å². The summed E-state index contributed by atoms with van der Waals surface area (Å²) < 4.78 is 0. The maximum Gasteiger partial charge on any atom is 0.225 e. The van der Waals surface area contributed by atoms with Crippen LogP contribution in [0.5, 0.6) is 0 Å². The minimum Gasteiger partial charge on any atom is -0.355 e. The van der Waals surface area contributed by atoms with Crippen LogP contribution in [0.15, 0.2) is 4.99 Å². The average Bonchev–Trinajstić information content (AvgIpc) is 3.15. The molecule has 25 heavy (non-hydrogen) atoms. The Hall–Kier alpha value is -1.30. The molecule has 1 saturated carbocycles. The molecule has 0 aromatic rings. The summed E-state index contributed by atoms with van der Waals surface area (Å²) in [5, 5.41) is 6.96. The van der Waals surface area contributed by atoms with E-state index in [1.807, 2.05) is 25.8 Å². The van der Waals surface area contributed by atoms with Gasteiger partial charge in [-0.05, 0) is 32.7 Å². The van der Waals surface area contributed by atoms with Crippen LogP contribution in [0.2, 0.25) is 0 Å². The zero-order valence-corrected chi connectivity index (χ0v) is 16.6. The molecule has 0 aromatic heterocycles. The van der Waals surface area contributed by atoms with Crippen LogP contribution in [-0.2, 0) is 4.79 Å². The molecule has 0 unspecified atom stereocenters. The van der Waals surface area contributed by atoms with Gasteiger partial charge < -0.3 is 20.4 Å². The van der Waals surface area contributed by atoms with Crippen LogP contribution >= 0.6 is 0 Å². The van der Waals surface area contributed by atoms with Gasteiger partial charge in [-0.1, -0.05) is 26.7 Å². The van der Waals surface area contributed by atoms with Gasteiger partial charge in [-0.2, -0.15) is 0 Å². The highest BCUT2D eigenvalue weighted by Gasteiger charge is 2.24. The van der Waals surface area contributed by atoms with E-state index in [1.165, 1.54) is 25.7 Å². The third-order valence-electron chi connectivity index (χ3n) is 5.57. The van der Waals surface area contributed by atoms with Crippen molar-refractivity contribution in [1.82, 2.24) is 20.4 Å². The van der Waals surface area contributed by atoms with Crippen molar-refractivity contribution in [1.29, 1.82) is 0 Å². The predicted molar refractivity (Wildman–Crippen MR) is 104 cm³/mol. The minimum atomic E-state index is 0.0933. The van der Waals surface area contributed by atoms with Gasteiger partial charge in [-0.3, -0.25) is 9.79 Å². The number of amides is 1. The lowest BCUT2D eigenvalue weighted by Gasteiger charge is -2.34. The molecule has 1 heterocycles. The molecule has 144 valence electrons. The van der Waals surface area contributed by atoms with Crippen molar-refractivity contribution in [2.24, 2.45) is 10.9 Å². The molecule has 2 rings (SSSR count). The highest BCUT2D eigenvalue weighted by molar-refractivity contribution is 5.80. The van der Waals surface area contributed by atoms with E-state index in [1.54, 1.807) is 0 Å². The Morgan fingerprint density at radius 3 is 2.40 bits per heavy atom. The zero-order valence-electron chi connectivity index (χ0n) is 16.6. The van der Waals surface area contributed by atoms with E-state index in [4.69, 9.17) is 0 Å². The fourth-order valence-electron chi connectivity index (χ4n) is 3.88. The predicted octanol–water partition coefficient (Wildman–Crippen LogP) is 1.67. The number of aliphatic imine (C=N–C) groups is 1. The number of carbonyl (C=O) groups is 1. The Balaban J connectivity index is 1.66. The lowest BCUT2D eigenvalue weighted by molar-refractivity contribution is -0.135. The second-order valence-corrected chi connectivity index (χ2v) is 7.82. The molecule has 2 aliphatic rings. The molecule has 0 bridgehead atoms. The van der Waals surface area contributed by atoms with Gasteiger partial charge in [0, 0.05) is 51.2 Å². The van der Waals surface area contributed by atoms with Gasteiger partial charge in [-0.25, -0.2) is 0 Å². The quantitative estimate of drug-likeness (QED) is 0.565. The van der Waals surface area contributed by atoms with Crippen LogP contribution in [0.1, 0.15) is 52.4 Å². The van der Waals surface area contributed by atoms with E-state index < -0.39 is 0 Å². The third-order valence-corrected chi connectivity index (χ3v) is 5.57. The van der Waals surface area contributed by atoms with Crippen molar-refractivity contribution in [2.45, 2.75) is 64.5 Å². The van der Waals surface area contributed by atoms with Crippen molar-refractivity contribution < 1.29 is 4.79 Å². The smallest absolute Gasteiger partial charge is 0.225 e. The molecule has 0 radical (unpaired) electrons. The molecule has 2 fully saturated rings. The number of hydrogen-bond acceptors (Lipinski definition) is 3. The van der Waals surface area contributed by atoms with Gasteiger partial charge >= 0.3 is 0 Å². The molecule has 0 atom stereocenters. The molecule has 1 aliphatic heterocycles. The molecule has 0 spiro atoms. The van der Waals surface area contributed by atoms with Gasteiger partial charge in [0.15, 0.2) is 5.96 Å². The van der Waals surface area contributed by atoms with Crippen LogP contribution in [0.25, 0.3) is 0 Å². The second kappa shape index (κ2) is 10.00. The van der Waals surface area contributed by atoms with Crippen LogP contribution in [0.3, 0.4) is 0 Å². The van der Waals surface area contributed by atoms with E-state index in [2.05, 4.69) is 27.6 Å². The summed E-state index contributed by atoms with van der Waals surface area (Å²) in [6.45, 7) is 7.60. The number of piperidine rings is 1. The Morgan fingerprint density at radius 1 is 1.20 bits per heavy atom. The second-order valence-electron chi connectivity index (χ2n) is 7.82. The first-order valence-electron chi connectivity index (χ1n) is 9.97. The largest absolute Gasteiger partial charge is 0.355 e. The number of guanidine groups is 1. The highest BCUT2D eigenvalue weighted by Crippen LogP contribution is 2.21. The SMILES string of the molecule is CN=C(NCCN(C)C1CCCC1)NC1CCN(C(=O)C(C)C)CC1. The van der Waals surface area contributed by atoms with E-state index in [-0.39, 0.29) is 11.8 Å². The van der Waals surface area contributed by atoms with E-state index in [0.717, 1.165) is 51.0 Å². The Labute approximate surface area is 153 Å². The number of hydrogen-bond donors (Lipinski definition) is 2. The van der Waals surface area contributed by atoms with Gasteiger partial charge in [0.2, 0.25) is 5.91 Å². The van der Waals surface area contributed by atoms with Gasteiger partial charge in [0.1, 0.15) is 0 Å². The standard InChI is InChI=1S/C19H37N5O/c1-15(2)18(25)24-12-9-16(10-13-24)22-19(20-3)21-11-14-23(4)17-7-5-6-8-17/h15-17H,5-14H2,1-4H3,(H2,20,21,22). The summed E-state index contributed by atoms with van der Waals surface area (Å²) in [5.41, 5.74) is 0. The molecular weight excluding hydrogens is 314 g/mol. The maximum absolute atomic E-state index is 12.1. The summed E-state index contributed by atoms with van der Waals surface area (Å²) in [6, 6.07) is 1.16. The summed E-state index contributed by atoms with van der Waals surface area (Å²) in [6.07, 6.45) is 7.42. The Bertz CT molecular complexity index is 437. The summed E-state index contributed by atoms with van der Waals surface area (Å²) >= 11 is 0. The van der Waals surface area contributed by atoms with E-state index in [0.29, 0.717) is 6.04 Å². The van der Waals surface area contributed by atoms with E-state index in [9.17, 15) is 4.79 Å². The number of likely N-dealkylation sites (N-methyl/N-ethyl adjacent to an activating group) is 1. The van der Waals surface area contributed by atoms with Gasteiger partial charge in [0.25, 0.3) is 0 Å². The minimum absolute atomic E-state index is 0.0933. The highest BCUT2D eigenvalue weighted by atomic mass is 16.2. The van der Waals surface area contributed by atoms with Gasteiger partial charge in [0.05, 0.1) is 0 Å². The number of rotatable bonds is 6. The Morgan fingerprint density at radius 2 is 1.84 bits per heavy atom. The normalized spacial score (nSPS) is 20.6. The lowest BCUT2D eigenvalue weighted by Crippen LogP contribution is -2.51. The van der Waals surface area contributed by atoms with Crippen molar-refractivity contribution in [3.63, 3.8) is 0 Å². The third kappa shape index (κ3) is 6.17. The van der Waals surface area contributed by atoms with Crippen LogP contribution in [0.4, 0.5) is 0 Å². The first-order chi connectivity index (χ1) is 12.0. The summed E-state index contributed by atoms with van der Waals surface area (Å²) in [7, 11) is 4.06. The first-order valence-corrected chi connectivity index (χ1v) is 9.97. The van der Waals surface area contributed by atoms with Crippen molar-refractivity contribution >= 4 is 11.9 Å². The maximum atomic E-state index is 12.1. The number of carbonyl (C=O) groups excluding carboxylic acids is 1. The molecule has 6 nitrogen and oxygen atoms in total. The molecule has 1 saturated heterocycles. The van der Waals surface area contributed by atoms with Crippen molar-refractivity contribution in [2.75, 3.05) is 40.3 Å². The number of nitrogens with one attached hydrogen (secondary N) is 2. The van der Waals surface area contributed by atoms with Crippen molar-refractivity contribution in [3.05, 3.63) is 0 Å². The van der Waals surface area contributed by atoms with Gasteiger partial charge in [-0.15, -0.1) is 0 Å².